The maximum atomic E-state index is 4.17. The predicted octanol–water partition coefficient (Wildman–Crippen LogP) is 0.876. The molecule has 4 nitrogen and oxygen atoms in total. The largest absolute Gasteiger partial charge is 0.359 e. The molecule has 13 heavy (non-hydrogen) atoms. The Hall–Kier alpha value is -1.03. The van der Waals surface area contributed by atoms with Crippen LogP contribution in [0.4, 0.5) is 5.95 Å². The first-order valence-electron chi connectivity index (χ1n) is 4.65. The summed E-state index contributed by atoms with van der Waals surface area (Å²) in [7, 11) is 4.01. The molecule has 0 aromatic carbocycles. The number of rotatable bonds is 5. The van der Waals surface area contributed by atoms with E-state index in [4.69, 9.17) is 0 Å². The molecule has 1 heterocycles. The minimum absolute atomic E-state index is 0.935. The molecule has 0 aliphatic heterocycles. The molecule has 0 bridgehead atoms. The number of aromatic nitrogens is 2. The van der Waals surface area contributed by atoms with Crippen LogP contribution in [0.3, 0.4) is 0 Å². The molecule has 0 spiro atoms. The van der Waals surface area contributed by atoms with Gasteiger partial charge in [-0.15, -0.1) is 0 Å². The lowest BCUT2D eigenvalue weighted by Crippen LogP contribution is -2.23. The van der Waals surface area contributed by atoms with Gasteiger partial charge in [0.15, 0.2) is 0 Å². The van der Waals surface area contributed by atoms with Crippen LogP contribution in [0, 0.1) is 0 Å². The van der Waals surface area contributed by atoms with Crippen molar-refractivity contribution in [2.24, 2.45) is 0 Å². The third kappa shape index (κ3) is 2.73. The summed E-state index contributed by atoms with van der Waals surface area (Å²) in [4.78, 5) is 6.45. The molecule has 0 fully saturated rings. The van der Waals surface area contributed by atoms with Gasteiger partial charge in [0.2, 0.25) is 5.95 Å². The zero-order valence-corrected chi connectivity index (χ0v) is 8.62. The number of hydrogen-bond donors (Lipinski definition) is 1. The molecule has 1 rings (SSSR count). The van der Waals surface area contributed by atoms with Crippen molar-refractivity contribution in [3.05, 3.63) is 12.4 Å². The Morgan fingerprint density at radius 3 is 3.00 bits per heavy atom. The molecule has 0 amide bonds. The van der Waals surface area contributed by atoms with Crippen LogP contribution in [0.25, 0.3) is 0 Å². The zero-order chi connectivity index (χ0) is 9.68. The normalized spacial score (nSPS) is 10.8. The molecule has 0 saturated heterocycles. The average Bonchev–Trinajstić information content (AvgIpc) is 2.61. The number of nitrogens with zero attached hydrogens (tertiary/aromatic N) is 3. The lowest BCUT2D eigenvalue weighted by atomic mass is 10.5. The minimum Gasteiger partial charge on any atom is -0.359 e. The van der Waals surface area contributed by atoms with Gasteiger partial charge in [-0.25, -0.2) is 4.98 Å². The minimum atomic E-state index is 0.935. The van der Waals surface area contributed by atoms with Crippen molar-refractivity contribution in [2.45, 2.75) is 13.5 Å². The van der Waals surface area contributed by atoms with E-state index in [0.717, 1.165) is 25.6 Å². The second kappa shape index (κ2) is 4.87. The van der Waals surface area contributed by atoms with Crippen LogP contribution in [-0.2, 0) is 6.54 Å². The Bertz CT molecular complexity index is 244. The Morgan fingerprint density at radius 1 is 1.62 bits per heavy atom. The van der Waals surface area contributed by atoms with Crippen molar-refractivity contribution in [2.75, 3.05) is 32.5 Å². The zero-order valence-electron chi connectivity index (χ0n) is 8.62. The van der Waals surface area contributed by atoms with Crippen molar-refractivity contribution in [3.8, 4) is 0 Å². The fraction of sp³-hybridized carbons (Fsp3) is 0.667. The summed E-state index contributed by atoms with van der Waals surface area (Å²) < 4.78 is 2.12. The number of likely N-dealkylation sites (N-methyl/N-ethyl adjacent to an activating group) is 1. The third-order valence-corrected chi connectivity index (χ3v) is 2.20. The maximum Gasteiger partial charge on any atom is 0.202 e. The van der Waals surface area contributed by atoms with Crippen LogP contribution in [0.5, 0.6) is 0 Å². The summed E-state index contributed by atoms with van der Waals surface area (Å²) in [6, 6.07) is 0. The van der Waals surface area contributed by atoms with Gasteiger partial charge in [-0.1, -0.05) is 6.92 Å². The Morgan fingerprint density at radius 2 is 2.38 bits per heavy atom. The highest BCUT2D eigenvalue weighted by atomic mass is 15.2. The van der Waals surface area contributed by atoms with Crippen LogP contribution in [0.1, 0.15) is 6.92 Å². The Labute approximate surface area is 79.6 Å². The maximum absolute atomic E-state index is 4.17. The van der Waals surface area contributed by atoms with Crippen LogP contribution in [0.2, 0.25) is 0 Å². The number of nitrogens with one attached hydrogen (secondary N) is 1. The molecule has 1 aromatic rings. The quantitative estimate of drug-likeness (QED) is 0.733. The summed E-state index contributed by atoms with van der Waals surface area (Å²) in [5.41, 5.74) is 0. The van der Waals surface area contributed by atoms with Crippen molar-refractivity contribution in [1.29, 1.82) is 0 Å². The molecule has 0 aliphatic carbocycles. The number of hydrogen-bond acceptors (Lipinski definition) is 3. The van der Waals surface area contributed by atoms with Crippen molar-refractivity contribution in [3.63, 3.8) is 0 Å². The number of anilines is 1. The molecule has 0 radical (unpaired) electrons. The molecule has 4 heteroatoms. The molecule has 1 N–H and O–H groups in total. The molecule has 74 valence electrons. The topological polar surface area (TPSA) is 33.1 Å². The fourth-order valence-electron chi connectivity index (χ4n) is 1.15. The second-order valence-corrected chi connectivity index (χ2v) is 3.09. The van der Waals surface area contributed by atoms with E-state index < -0.39 is 0 Å². The van der Waals surface area contributed by atoms with E-state index in [0.29, 0.717) is 0 Å². The van der Waals surface area contributed by atoms with Crippen LogP contribution in [0.15, 0.2) is 12.4 Å². The highest BCUT2D eigenvalue weighted by Crippen LogP contribution is 2.02. The van der Waals surface area contributed by atoms with Gasteiger partial charge in [0.1, 0.15) is 0 Å². The van der Waals surface area contributed by atoms with Gasteiger partial charge < -0.3 is 14.8 Å². The van der Waals surface area contributed by atoms with E-state index in [1.165, 1.54) is 0 Å². The van der Waals surface area contributed by atoms with Crippen LogP contribution in [-0.4, -0.2) is 41.6 Å². The highest BCUT2D eigenvalue weighted by Gasteiger charge is 2.00. The fourth-order valence-corrected chi connectivity index (χ4v) is 1.15. The van der Waals surface area contributed by atoms with Gasteiger partial charge in [-0.3, -0.25) is 0 Å². The first-order valence-corrected chi connectivity index (χ1v) is 4.65. The SMILES string of the molecule is CCN(C)CCn1ccnc1NC. The van der Waals surface area contributed by atoms with Crippen molar-refractivity contribution < 1.29 is 0 Å². The molecular formula is C9H18N4. The molecule has 0 saturated carbocycles. The van der Waals surface area contributed by atoms with Crippen LogP contribution < -0.4 is 5.32 Å². The molecular weight excluding hydrogens is 164 g/mol. The second-order valence-electron chi connectivity index (χ2n) is 3.09. The van der Waals surface area contributed by atoms with E-state index in [1.54, 1.807) is 0 Å². The molecule has 1 aromatic heterocycles. The van der Waals surface area contributed by atoms with Crippen LogP contribution >= 0.6 is 0 Å². The van der Waals surface area contributed by atoms with E-state index >= 15 is 0 Å². The van der Waals surface area contributed by atoms with Gasteiger partial charge in [-0.05, 0) is 13.6 Å². The van der Waals surface area contributed by atoms with Gasteiger partial charge in [0.05, 0.1) is 0 Å². The molecule has 0 aliphatic rings. The first kappa shape index (κ1) is 10.1. The summed E-state index contributed by atoms with van der Waals surface area (Å²) in [6.45, 7) is 5.29. The predicted molar refractivity (Wildman–Crippen MR) is 54.9 cm³/mol. The summed E-state index contributed by atoms with van der Waals surface area (Å²) in [5.74, 6) is 0.935. The van der Waals surface area contributed by atoms with Gasteiger partial charge in [-0.2, -0.15) is 0 Å². The third-order valence-electron chi connectivity index (χ3n) is 2.20. The monoisotopic (exact) mass is 182 g/mol. The van der Waals surface area contributed by atoms with Crippen molar-refractivity contribution in [1.82, 2.24) is 14.5 Å². The molecule has 0 atom stereocenters. The summed E-state index contributed by atoms with van der Waals surface area (Å²) >= 11 is 0. The summed E-state index contributed by atoms with van der Waals surface area (Å²) in [6.07, 6.45) is 3.81. The standard InChI is InChI=1S/C9H18N4/c1-4-12(3)7-8-13-6-5-11-9(13)10-2/h5-6H,4,7-8H2,1-3H3,(H,10,11). The first-order chi connectivity index (χ1) is 6.27. The van der Waals surface area contributed by atoms with E-state index in [-0.39, 0.29) is 0 Å². The van der Waals surface area contributed by atoms with Crippen molar-refractivity contribution >= 4 is 5.95 Å². The van der Waals surface area contributed by atoms with Gasteiger partial charge in [0, 0.05) is 32.5 Å². The highest BCUT2D eigenvalue weighted by molar-refractivity contribution is 5.23. The lowest BCUT2D eigenvalue weighted by Gasteiger charge is -2.14. The lowest BCUT2D eigenvalue weighted by molar-refractivity contribution is 0.336. The smallest absolute Gasteiger partial charge is 0.202 e. The average molecular weight is 182 g/mol. The number of imidazole rings is 1. The Balaban J connectivity index is 2.44. The van der Waals surface area contributed by atoms with E-state index in [2.05, 4.69) is 33.7 Å². The Kier molecular flexibility index (Phi) is 3.76. The van der Waals surface area contributed by atoms with E-state index in [1.807, 2.05) is 19.4 Å². The van der Waals surface area contributed by atoms with Gasteiger partial charge in [0.25, 0.3) is 0 Å². The summed E-state index contributed by atoms with van der Waals surface area (Å²) in [5, 5.41) is 3.05. The van der Waals surface area contributed by atoms with Gasteiger partial charge >= 0.3 is 0 Å². The molecule has 0 unspecified atom stereocenters. The van der Waals surface area contributed by atoms with E-state index in [9.17, 15) is 0 Å².